The average molecular weight is 204 g/mol. The molecule has 0 amide bonds. The minimum atomic E-state index is -0.670. The molecule has 0 heterocycles. The molecule has 0 saturated heterocycles. The van der Waals surface area contributed by atoms with E-state index >= 15 is 0 Å². The summed E-state index contributed by atoms with van der Waals surface area (Å²) in [5.74, 6) is -0.670. The van der Waals surface area contributed by atoms with E-state index in [0.29, 0.717) is 6.42 Å². The van der Waals surface area contributed by atoms with Gasteiger partial charge < -0.3 is 10.6 Å². The number of carbonyl (C=O) groups is 1. The van der Waals surface area contributed by atoms with Crippen LogP contribution in [0.2, 0.25) is 0 Å². The summed E-state index contributed by atoms with van der Waals surface area (Å²) in [5.41, 5.74) is 0. The van der Waals surface area contributed by atoms with Gasteiger partial charge in [-0.05, 0) is 6.42 Å². The van der Waals surface area contributed by atoms with Gasteiger partial charge in [-0.25, -0.2) is 0 Å². The summed E-state index contributed by atoms with van der Waals surface area (Å²) in [7, 11) is 0. The molecule has 4 heteroatoms. The molecule has 0 rings (SSSR count). The van der Waals surface area contributed by atoms with Gasteiger partial charge in [0, 0.05) is 6.42 Å². The third kappa shape index (κ3) is 17.0. The average Bonchev–Trinajstić information content (AvgIpc) is 1.87. The fourth-order valence-electron chi connectivity index (χ4n) is 0.880. The second kappa shape index (κ2) is 14.2. The van der Waals surface area contributed by atoms with Gasteiger partial charge in [-0.15, -0.1) is 0 Å². The van der Waals surface area contributed by atoms with Crippen LogP contribution in [0.15, 0.2) is 0 Å². The Kier molecular flexibility index (Phi) is 21.9. The molecule has 0 unspecified atom stereocenters. The van der Waals surface area contributed by atoms with E-state index < -0.39 is 5.97 Å². The summed E-state index contributed by atoms with van der Waals surface area (Å²) in [4.78, 5) is 10.0. The van der Waals surface area contributed by atoms with Gasteiger partial charge >= 0.3 is 43.7 Å². The van der Waals surface area contributed by atoms with E-state index in [1.807, 2.05) is 0 Å². The van der Waals surface area contributed by atoms with Crippen LogP contribution in [0.1, 0.15) is 45.4 Å². The monoisotopic (exact) mass is 204 g/mol. The molecule has 0 aromatic carbocycles. The van der Waals surface area contributed by atoms with Crippen molar-refractivity contribution in [2.24, 2.45) is 0 Å². The van der Waals surface area contributed by atoms with Gasteiger partial charge in [0.15, 0.2) is 0 Å². The van der Waals surface area contributed by atoms with Crippen LogP contribution in [0.4, 0.5) is 0 Å². The molecule has 3 N–H and O–H groups in total. The van der Waals surface area contributed by atoms with Crippen LogP contribution in [0.25, 0.3) is 0 Å². The van der Waals surface area contributed by atoms with Gasteiger partial charge in [0.2, 0.25) is 0 Å². The Hall–Kier alpha value is 0.690. The number of carboxylic acids is 1. The topological polar surface area (TPSA) is 68.8 Å². The third-order valence-corrected chi connectivity index (χ3v) is 1.49. The number of rotatable bonds is 6. The van der Waals surface area contributed by atoms with Crippen LogP contribution in [-0.2, 0) is 4.79 Å². The SMILES string of the molecule is CCCCCCCC(=O)O.O.[CaH2]. The van der Waals surface area contributed by atoms with Crippen molar-refractivity contribution in [1.82, 2.24) is 0 Å². The Morgan fingerprint density at radius 1 is 1.17 bits per heavy atom. The van der Waals surface area contributed by atoms with Gasteiger partial charge in [0.25, 0.3) is 0 Å². The van der Waals surface area contributed by atoms with Crippen LogP contribution < -0.4 is 0 Å². The van der Waals surface area contributed by atoms with E-state index in [1.54, 1.807) is 0 Å². The fraction of sp³-hybridized carbons (Fsp3) is 0.875. The van der Waals surface area contributed by atoms with Gasteiger partial charge in [0.05, 0.1) is 0 Å². The molecule has 0 bridgehead atoms. The minimum absolute atomic E-state index is 0. The molecule has 0 radical (unpaired) electrons. The molecule has 0 aromatic rings. The summed E-state index contributed by atoms with van der Waals surface area (Å²) in [6.45, 7) is 2.15. The number of aliphatic carboxylic acids is 1. The van der Waals surface area contributed by atoms with Crippen LogP contribution in [0.5, 0.6) is 0 Å². The molecule has 0 aromatic heterocycles. The molecule has 0 fully saturated rings. The van der Waals surface area contributed by atoms with E-state index in [2.05, 4.69) is 6.92 Å². The van der Waals surface area contributed by atoms with Crippen molar-refractivity contribution in [1.29, 1.82) is 0 Å². The molecular weight excluding hydrogens is 184 g/mol. The van der Waals surface area contributed by atoms with Crippen LogP contribution in [0.3, 0.4) is 0 Å². The van der Waals surface area contributed by atoms with Crippen LogP contribution in [-0.4, -0.2) is 54.3 Å². The van der Waals surface area contributed by atoms with Crippen LogP contribution >= 0.6 is 0 Å². The Bertz CT molecular complexity index is 96.3. The first-order valence-corrected chi connectivity index (χ1v) is 3.99. The first kappa shape index (κ1) is 18.5. The van der Waals surface area contributed by atoms with Crippen molar-refractivity contribution in [2.45, 2.75) is 45.4 Å². The standard InChI is InChI=1S/C8H16O2.Ca.H2O.2H/c1-2-3-4-5-6-7-8(9)10;;;;/h2-7H2,1H3,(H,9,10);;1H2;;. The predicted octanol–water partition coefficient (Wildman–Crippen LogP) is 0.691. The molecule has 0 atom stereocenters. The fourth-order valence-corrected chi connectivity index (χ4v) is 0.880. The van der Waals surface area contributed by atoms with Crippen molar-refractivity contribution in [3.05, 3.63) is 0 Å². The van der Waals surface area contributed by atoms with Gasteiger partial charge in [-0.1, -0.05) is 32.6 Å². The second-order valence-corrected chi connectivity index (χ2v) is 2.56. The zero-order chi connectivity index (χ0) is 7.82. The second-order valence-electron chi connectivity index (χ2n) is 2.56. The normalized spacial score (nSPS) is 8.08. The molecule has 0 aliphatic rings. The van der Waals surface area contributed by atoms with E-state index in [9.17, 15) is 4.79 Å². The van der Waals surface area contributed by atoms with Gasteiger partial charge in [-0.2, -0.15) is 0 Å². The molecule has 0 aliphatic carbocycles. The van der Waals surface area contributed by atoms with Gasteiger partial charge in [0.1, 0.15) is 0 Å². The van der Waals surface area contributed by atoms with E-state index in [0.717, 1.165) is 12.8 Å². The Labute approximate surface area is 104 Å². The van der Waals surface area contributed by atoms with E-state index in [1.165, 1.54) is 19.3 Å². The predicted molar refractivity (Wildman–Crippen MR) is 53.2 cm³/mol. The zero-order valence-electron chi connectivity index (χ0n) is 7.10. The quantitative estimate of drug-likeness (QED) is 0.511. The summed E-state index contributed by atoms with van der Waals surface area (Å²) < 4.78 is 0. The molecule has 3 nitrogen and oxygen atoms in total. The maximum atomic E-state index is 10.0. The van der Waals surface area contributed by atoms with E-state index in [4.69, 9.17) is 5.11 Å². The first-order valence-electron chi connectivity index (χ1n) is 3.99. The van der Waals surface area contributed by atoms with Crippen LogP contribution in [0, 0.1) is 0 Å². The Morgan fingerprint density at radius 3 is 2.08 bits per heavy atom. The molecule has 0 aliphatic heterocycles. The number of unbranched alkanes of at least 4 members (excludes halogenated alkanes) is 4. The Morgan fingerprint density at radius 2 is 1.67 bits per heavy atom. The molecule has 72 valence electrons. The molecular formula is C8H20CaO3. The molecule has 12 heavy (non-hydrogen) atoms. The van der Waals surface area contributed by atoms with Crippen molar-refractivity contribution >= 4 is 43.7 Å². The summed E-state index contributed by atoms with van der Waals surface area (Å²) in [6, 6.07) is 0. The Balaban J connectivity index is -0.000000405. The summed E-state index contributed by atoms with van der Waals surface area (Å²) in [6.07, 6.45) is 5.88. The summed E-state index contributed by atoms with van der Waals surface area (Å²) in [5, 5.41) is 8.27. The third-order valence-electron chi connectivity index (χ3n) is 1.49. The van der Waals surface area contributed by atoms with Crippen molar-refractivity contribution in [3.63, 3.8) is 0 Å². The summed E-state index contributed by atoms with van der Waals surface area (Å²) >= 11 is 0. The van der Waals surface area contributed by atoms with Crippen molar-refractivity contribution in [3.8, 4) is 0 Å². The molecule has 0 spiro atoms. The number of hydrogen-bond acceptors (Lipinski definition) is 1. The van der Waals surface area contributed by atoms with Gasteiger partial charge in [-0.3, -0.25) is 4.79 Å². The van der Waals surface area contributed by atoms with Crippen molar-refractivity contribution < 1.29 is 15.4 Å². The molecule has 0 saturated carbocycles. The van der Waals surface area contributed by atoms with Crippen molar-refractivity contribution in [2.75, 3.05) is 0 Å². The number of carboxylic acid groups (broad SMARTS) is 1. The zero-order valence-corrected chi connectivity index (χ0v) is 7.10. The first-order chi connectivity index (χ1) is 4.77. The number of hydrogen-bond donors (Lipinski definition) is 1. The van der Waals surface area contributed by atoms with E-state index in [-0.39, 0.29) is 43.2 Å². The maximum absolute atomic E-state index is 10.0.